The summed E-state index contributed by atoms with van der Waals surface area (Å²) in [5.74, 6) is 0.162. The molecule has 19 heavy (non-hydrogen) atoms. The van der Waals surface area contributed by atoms with Crippen molar-refractivity contribution >= 4 is 17.4 Å². The fraction of sp³-hybridized carbons (Fsp3) is 0.133. The maximum Gasteiger partial charge on any atom is 0.199 e. The third-order valence-electron chi connectivity index (χ3n) is 3.14. The number of aliphatic hydroxyl groups is 1. The first-order chi connectivity index (χ1) is 9.16. The summed E-state index contributed by atoms with van der Waals surface area (Å²) in [6.45, 7) is 0. The van der Waals surface area contributed by atoms with Crippen LogP contribution in [0.15, 0.2) is 48.5 Å². The van der Waals surface area contributed by atoms with Gasteiger partial charge in [-0.15, -0.1) is 0 Å². The Kier molecular flexibility index (Phi) is 3.01. The summed E-state index contributed by atoms with van der Waals surface area (Å²) < 4.78 is 5.73. The van der Waals surface area contributed by atoms with Gasteiger partial charge in [-0.1, -0.05) is 35.9 Å². The van der Waals surface area contributed by atoms with Gasteiger partial charge in [0.15, 0.2) is 18.0 Å². The molecule has 0 bridgehead atoms. The van der Waals surface area contributed by atoms with Crippen LogP contribution in [0.25, 0.3) is 0 Å². The lowest BCUT2D eigenvalue weighted by molar-refractivity contribution is 0.0216. The molecule has 2 aromatic carbocycles. The van der Waals surface area contributed by atoms with Gasteiger partial charge in [-0.2, -0.15) is 0 Å². The van der Waals surface area contributed by atoms with E-state index >= 15 is 0 Å². The van der Waals surface area contributed by atoms with E-state index in [1.165, 1.54) is 0 Å². The second-order valence-corrected chi connectivity index (χ2v) is 4.84. The predicted molar refractivity (Wildman–Crippen MR) is 71.6 cm³/mol. The maximum atomic E-state index is 12.1. The monoisotopic (exact) mass is 274 g/mol. The normalized spacial score (nSPS) is 21.7. The van der Waals surface area contributed by atoms with Crippen LogP contribution in [0.3, 0.4) is 0 Å². The molecular weight excluding hydrogens is 264 g/mol. The van der Waals surface area contributed by atoms with Crippen molar-refractivity contribution in [2.24, 2.45) is 0 Å². The zero-order valence-corrected chi connectivity index (χ0v) is 10.7. The van der Waals surface area contributed by atoms with Crippen molar-refractivity contribution in [3.63, 3.8) is 0 Å². The lowest BCUT2D eigenvalue weighted by atomic mass is 9.94. The molecule has 3 nitrogen and oxygen atoms in total. The summed E-state index contributed by atoms with van der Waals surface area (Å²) in [4.78, 5) is 12.1. The summed E-state index contributed by atoms with van der Waals surface area (Å²) in [6.07, 6.45) is -1.94. The van der Waals surface area contributed by atoms with Gasteiger partial charge < -0.3 is 9.84 Å². The number of benzene rings is 2. The Morgan fingerprint density at radius 3 is 2.68 bits per heavy atom. The average molecular weight is 275 g/mol. The highest BCUT2D eigenvalue weighted by molar-refractivity contribution is 6.30. The van der Waals surface area contributed by atoms with Crippen LogP contribution in [0.4, 0.5) is 0 Å². The second kappa shape index (κ2) is 4.68. The van der Waals surface area contributed by atoms with Gasteiger partial charge >= 0.3 is 0 Å². The van der Waals surface area contributed by atoms with Crippen LogP contribution >= 0.6 is 11.6 Å². The van der Waals surface area contributed by atoms with Gasteiger partial charge in [0, 0.05) is 5.02 Å². The molecule has 0 spiro atoms. The van der Waals surface area contributed by atoms with E-state index in [9.17, 15) is 9.90 Å². The lowest BCUT2D eigenvalue weighted by Crippen LogP contribution is -2.36. The number of para-hydroxylation sites is 1. The number of hydrogen-bond acceptors (Lipinski definition) is 3. The smallest absolute Gasteiger partial charge is 0.199 e. The molecule has 1 N–H and O–H groups in total. The van der Waals surface area contributed by atoms with Crippen LogP contribution in [-0.4, -0.2) is 17.0 Å². The molecular formula is C15H11ClO3. The molecule has 1 aliphatic heterocycles. The first-order valence-electron chi connectivity index (χ1n) is 5.90. The highest BCUT2D eigenvalue weighted by atomic mass is 35.5. The van der Waals surface area contributed by atoms with Crippen LogP contribution in [0.5, 0.6) is 5.75 Å². The molecule has 2 atom stereocenters. The number of rotatable bonds is 1. The fourth-order valence-corrected chi connectivity index (χ4v) is 2.40. The van der Waals surface area contributed by atoms with E-state index in [1.807, 2.05) is 0 Å². The predicted octanol–water partition coefficient (Wildman–Crippen LogP) is 3.02. The van der Waals surface area contributed by atoms with Crippen molar-refractivity contribution in [2.45, 2.75) is 12.2 Å². The molecule has 4 heteroatoms. The SMILES string of the molecule is O=C1c2ccccc2OC(c2cccc(Cl)c2)C1O. The van der Waals surface area contributed by atoms with E-state index in [1.54, 1.807) is 48.5 Å². The summed E-state index contributed by atoms with van der Waals surface area (Å²) in [5.41, 5.74) is 1.09. The Morgan fingerprint density at radius 1 is 1.11 bits per heavy atom. The number of carbonyl (C=O) groups excluding carboxylic acids is 1. The van der Waals surface area contributed by atoms with E-state index in [0.717, 1.165) is 0 Å². The molecule has 0 aliphatic carbocycles. The summed E-state index contributed by atoms with van der Waals surface area (Å²) in [6, 6.07) is 13.9. The molecule has 2 aromatic rings. The number of Topliss-reactive ketones (excluding diaryl/α,β-unsaturated/α-hetero) is 1. The average Bonchev–Trinajstić information content (AvgIpc) is 2.43. The molecule has 0 saturated carbocycles. The van der Waals surface area contributed by atoms with Crippen molar-refractivity contribution < 1.29 is 14.6 Å². The van der Waals surface area contributed by atoms with Crippen LogP contribution in [-0.2, 0) is 0 Å². The van der Waals surface area contributed by atoms with Crippen LogP contribution in [0.2, 0.25) is 5.02 Å². The van der Waals surface area contributed by atoms with Crippen molar-refractivity contribution in [1.29, 1.82) is 0 Å². The van der Waals surface area contributed by atoms with E-state index in [4.69, 9.17) is 16.3 Å². The molecule has 1 aliphatic rings. The van der Waals surface area contributed by atoms with E-state index < -0.39 is 12.2 Å². The topological polar surface area (TPSA) is 46.5 Å². The standard InChI is InChI=1S/C15H11ClO3/c16-10-5-3-4-9(8-10)15-14(18)13(17)11-6-1-2-7-12(11)19-15/h1-8,14-15,18H. The maximum absolute atomic E-state index is 12.1. The van der Waals surface area contributed by atoms with Gasteiger partial charge in [0.2, 0.25) is 0 Å². The Labute approximate surface area is 115 Å². The minimum atomic E-state index is -1.21. The molecule has 96 valence electrons. The fourth-order valence-electron chi connectivity index (χ4n) is 2.20. The molecule has 0 radical (unpaired) electrons. The van der Waals surface area contributed by atoms with Crippen molar-refractivity contribution in [2.75, 3.05) is 0 Å². The van der Waals surface area contributed by atoms with Gasteiger partial charge in [-0.05, 0) is 29.8 Å². The first-order valence-corrected chi connectivity index (χ1v) is 6.28. The summed E-state index contributed by atoms with van der Waals surface area (Å²) >= 11 is 5.93. The van der Waals surface area contributed by atoms with Crippen molar-refractivity contribution in [1.82, 2.24) is 0 Å². The molecule has 1 heterocycles. The number of ether oxygens (including phenoxy) is 1. The Hall–Kier alpha value is -1.84. The van der Waals surface area contributed by atoms with E-state index in [-0.39, 0.29) is 5.78 Å². The number of fused-ring (bicyclic) bond motifs is 1. The zero-order valence-electron chi connectivity index (χ0n) is 9.92. The van der Waals surface area contributed by atoms with Gasteiger partial charge in [0.05, 0.1) is 5.56 Å². The molecule has 0 aromatic heterocycles. The molecule has 0 fully saturated rings. The molecule has 2 unspecified atom stereocenters. The lowest BCUT2D eigenvalue weighted by Gasteiger charge is -2.29. The summed E-state index contributed by atoms with van der Waals surface area (Å²) in [5, 5.41) is 10.7. The molecule has 0 saturated heterocycles. The largest absolute Gasteiger partial charge is 0.482 e. The van der Waals surface area contributed by atoms with Crippen LogP contribution < -0.4 is 4.74 Å². The highest BCUT2D eigenvalue weighted by Crippen LogP contribution is 2.35. The Bertz CT molecular complexity index is 639. The van der Waals surface area contributed by atoms with Gasteiger partial charge in [-0.3, -0.25) is 4.79 Å². The van der Waals surface area contributed by atoms with Crippen LogP contribution in [0.1, 0.15) is 22.0 Å². The van der Waals surface area contributed by atoms with Crippen LogP contribution in [0, 0.1) is 0 Å². The minimum Gasteiger partial charge on any atom is -0.482 e. The zero-order chi connectivity index (χ0) is 13.4. The van der Waals surface area contributed by atoms with Gasteiger partial charge in [0.25, 0.3) is 0 Å². The summed E-state index contributed by atoms with van der Waals surface area (Å²) in [7, 11) is 0. The molecule has 3 rings (SSSR count). The number of carbonyl (C=O) groups is 1. The first kappa shape index (κ1) is 12.2. The third kappa shape index (κ3) is 2.11. The number of aliphatic hydroxyl groups excluding tert-OH is 1. The highest BCUT2D eigenvalue weighted by Gasteiger charge is 2.36. The van der Waals surface area contributed by atoms with Crippen molar-refractivity contribution in [3.8, 4) is 5.75 Å². The number of hydrogen-bond donors (Lipinski definition) is 1. The Balaban J connectivity index is 2.04. The number of halogens is 1. The minimum absolute atomic E-state index is 0.327. The van der Waals surface area contributed by atoms with Gasteiger partial charge in [0.1, 0.15) is 5.75 Å². The molecule has 0 amide bonds. The third-order valence-corrected chi connectivity index (χ3v) is 3.37. The quantitative estimate of drug-likeness (QED) is 0.869. The van der Waals surface area contributed by atoms with Crippen molar-refractivity contribution in [3.05, 3.63) is 64.7 Å². The number of ketones is 1. The van der Waals surface area contributed by atoms with E-state index in [2.05, 4.69) is 0 Å². The second-order valence-electron chi connectivity index (χ2n) is 4.40. The van der Waals surface area contributed by atoms with Gasteiger partial charge in [-0.25, -0.2) is 0 Å². The Morgan fingerprint density at radius 2 is 1.89 bits per heavy atom. The van der Waals surface area contributed by atoms with E-state index in [0.29, 0.717) is 21.9 Å².